The Balaban J connectivity index is 1.65. The summed E-state index contributed by atoms with van der Waals surface area (Å²) in [7, 11) is 0. The van der Waals surface area contributed by atoms with E-state index in [0.29, 0.717) is 25.4 Å². The second-order valence-electron chi connectivity index (χ2n) is 6.42. The van der Waals surface area contributed by atoms with Crippen LogP contribution in [-0.2, 0) is 0 Å². The number of carbonyl (C=O) groups excluding carboxylic acids is 1. The normalized spacial score (nSPS) is 20.8. The van der Waals surface area contributed by atoms with Gasteiger partial charge in [-0.2, -0.15) is 0 Å². The number of aliphatic hydroxyl groups excluding tert-OH is 1. The highest BCUT2D eigenvalue weighted by molar-refractivity contribution is 6.08. The Hall–Kier alpha value is -2.37. The van der Waals surface area contributed by atoms with E-state index in [0.717, 1.165) is 27.3 Å². The summed E-state index contributed by atoms with van der Waals surface area (Å²) in [5, 5.41) is 18.9. The third kappa shape index (κ3) is 2.46. The average molecular weight is 324 g/mol. The van der Waals surface area contributed by atoms with Gasteiger partial charge in [-0.25, -0.2) is 0 Å². The minimum Gasteiger partial charge on any atom is -0.450 e. The second-order valence-corrected chi connectivity index (χ2v) is 6.42. The van der Waals surface area contributed by atoms with Crippen LogP contribution >= 0.6 is 0 Å². The van der Waals surface area contributed by atoms with Crippen LogP contribution in [0.1, 0.15) is 16.1 Å². The van der Waals surface area contributed by atoms with Gasteiger partial charge in [-0.05, 0) is 12.3 Å². The third-order valence-corrected chi connectivity index (χ3v) is 4.86. The molecule has 1 aliphatic heterocycles. The quantitative estimate of drug-likeness (QED) is 0.690. The topological polar surface area (TPSA) is 74.5 Å². The Labute approximate surface area is 139 Å². The number of β-amino-alcohol motifs (C(OH)–C–C–N with tert-alkyl or cyclic N) is 1. The van der Waals surface area contributed by atoms with Gasteiger partial charge in [0.05, 0.1) is 6.10 Å². The third-order valence-electron chi connectivity index (χ3n) is 4.86. The number of fused-ring (bicyclic) bond motifs is 3. The molecule has 1 saturated heterocycles. The Morgan fingerprint density at radius 3 is 2.88 bits per heavy atom. The van der Waals surface area contributed by atoms with E-state index in [9.17, 15) is 9.90 Å². The molecule has 0 spiro atoms. The van der Waals surface area contributed by atoms with Crippen molar-refractivity contribution in [2.24, 2.45) is 5.92 Å². The lowest BCUT2D eigenvalue weighted by Gasteiger charge is -2.13. The van der Waals surface area contributed by atoms with Crippen LogP contribution in [-0.4, -0.2) is 36.8 Å². The molecule has 1 amide bonds. The first-order valence-corrected chi connectivity index (χ1v) is 8.23. The van der Waals surface area contributed by atoms with Crippen LogP contribution < -0.4 is 10.6 Å². The summed E-state index contributed by atoms with van der Waals surface area (Å²) in [6.07, 6.45) is -0.411. The van der Waals surface area contributed by atoms with Crippen molar-refractivity contribution in [2.45, 2.75) is 13.0 Å². The zero-order valence-corrected chi connectivity index (χ0v) is 13.5. The van der Waals surface area contributed by atoms with E-state index in [1.54, 1.807) is 0 Å². The Kier molecular flexibility index (Phi) is 3.75. The molecule has 2 heterocycles. The van der Waals surface area contributed by atoms with Crippen LogP contribution in [0.2, 0.25) is 0 Å². The summed E-state index contributed by atoms with van der Waals surface area (Å²) in [6.45, 7) is 3.63. The van der Waals surface area contributed by atoms with Crippen molar-refractivity contribution < 1.29 is 14.3 Å². The monoisotopic (exact) mass is 324 g/mol. The zero-order chi connectivity index (χ0) is 16.7. The van der Waals surface area contributed by atoms with Gasteiger partial charge < -0.3 is 20.2 Å². The lowest BCUT2D eigenvalue weighted by atomic mass is 10.1. The molecular weight excluding hydrogens is 304 g/mol. The second kappa shape index (κ2) is 5.92. The van der Waals surface area contributed by atoms with E-state index < -0.39 is 6.10 Å². The van der Waals surface area contributed by atoms with E-state index in [1.165, 1.54) is 0 Å². The van der Waals surface area contributed by atoms with Crippen LogP contribution in [0.5, 0.6) is 0 Å². The number of hydrogen-bond acceptors (Lipinski definition) is 4. The minimum absolute atomic E-state index is 0.0412. The molecule has 2 aromatic carbocycles. The molecule has 2 unspecified atom stereocenters. The number of benzene rings is 2. The highest BCUT2D eigenvalue weighted by Gasteiger charge is 2.26. The number of aryl methyl sites for hydroxylation is 1. The number of nitrogens with one attached hydrogen (secondary N) is 2. The fourth-order valence-corrected chi connectivity index (χ4v) is 3.40. The molecule has 5 heteroatoms. The molecule has 3 N–H and O–H groups in total. The minimum atomic E-state index is -0.411. The average Bonchev–Trinajstić information content (AvgIpc) is 3.16. The van der Waals surface area contributed by atoms with E-state index in [1.807, 2.05) is 43.3 Å². The maximum atomic E-state index is 12.5. The molecule has 5 nitrogen and oxygen atoms in total. The van der Waals surface area contributed by atoms with Gasteiger partial charge in [0.25, 0.3) is 5.91 Å². The van der Waals surface area contributed by atoms with Crippen molar-refractivity contribution in [3.63, 3.8) is 0 Å². The molecule has 1 aliphatic rings. The van der Waals surface area contributed by atoms with Gasteiger partial charge in [0, 0.05) is 41.9 Å². The number of aliphatic hydroxyl groups is 1. The summed E-state index contributed by atoms with van der Waals surface area (Å²) in [4.78, 5) is 12.5. The molecule has 1 fully saturated rings. The number of hydrogen-bond donors (Lipinski definition) is 3. The van der Waals surface area contributed by atoms with Crippen molar-refractivity contribution >= 4 is 27.6 Å². The van der Waals surface area contributed by atoms with Crippen molar-refractivity contribution in [3.05, 3.63) is 47.7 Å². The summed E-state index contributed by atoms with van der Waals surface area (Å²) >= 11 is 0. The first kappa shape index (κ1) is 15.2. The van der Waals surface area contributed by atoms with Crippen molar-refractivity contribution in [1.29, 1.82) is 0 Å². The first-order chi connectivity index (χ1) is 11.6. The molecule has 1 aromatic heterocycles. The predicted molar refractivity (Wildman–Crippen MR) is 93.2 cm³/mol. The maximum absolute atomic E-state index is 12.5. The fraction of sp³-hybridized carbons (Fsp3) is 0.316. The molecule has 3 aromatic rings. The van der Waals surface area contributed by atoms with Gasteiger partial charge in [0.1, 0.15) is 5.58 Å². The van der Waals surface area contributed by atoms with Crippen molar-refractivity contribution in [1.82, 2.24) is 10.6 Å². The summed E-state index contributed by atoms with van der Waals surface area (Å²) < 4.78 is 5.93. The highest BCUT2D eigenvalue weighted by atomic mass is 16.3. The summed E-state index contributed by atoms with van der Waals surface area (Å²) in [5.74, 6) is 0.160. The van der Waals surface area contributed by atoms with Crippen LogP contribution in [0.4, 0.5) is 0 Å². The lowest BCUT2D eigenvalue weighted by Crippen LogP contribution is -2.34. The molecule has 24 heavy (non-hydrogen) atoms. The predicted octanol–water partition coefficient (Wildman–Crippen LogP) is 2.20. The molecule has 0 radical (unpaired) electrons. The molecule has 0 saturated carbocycles. The molecule has 4 rings (SSSR count). The summed E-state index contributed by atoms with van der Waals surface area (Å²) in [5.41, 5.74) is 1.59. The SMILES string of the molecule is Cc1c(C(=O)NCC2CNCC2O)oc2c1ccc1ccccc12. The summed E-state index contributed by atoms with van der Waals surface area (Å²) in [6, 6.07) is 12.0. The Morgan fingerprint density at radius 2 is 2.08 bits per heavy atom. The van der Waals surface area contributed by atoms with Gasteiger partial charge in [-0.3, -0.25) is 4.79 Å². The van der Waals surface area contributed by atoms with Crippen molar-refractivity contribution in [2.75, 3.05) is 19.6 Å². The largest absolute Gasteiger partial charge is 0.450 e. The highest BCUT2D eigenvalue weighted by Crippen LogP contribution is 2.31. The van der Waals surface area contributed by atoms with E-state index >= 15 is 0 Å². The number of amides is 1. The Morgan fingerprint density at radius 1 is 1.25 bits per heavy atom. The van der Waals surface area contributed by atoms with E-state index in [-0.39, 0.29) is 11.8 Å². The van der Waals surface area contributed by atoms with E-state index in [4.69, 9.17) is 4.42 Å². The van der Waals surface area contributed by atoms with Crippen LogP contribution in [0.25, 0.3) is 21.7 Å². The van der Waals surface area contributed by atoms with Gasteiger partial charge in [0.15, 0.2) is 5.76 Å². The number of rotatable bonds is 3. The standard InChI is InChI=1S/C19H20N2O3/c1-11-14-7-6-12-4-2-3-5-15(12)18(14)24-17(11)19(23)21-9-13-8-20-10-16(13)22/h2-7,13,16,20,22H,8-10H2,1H3,(H,21,23). The van der Waals surface area contributed by atoms with Crippen LogP contribution in [0.15, 0.2) is 40.8 Å². The Bertz CT molecular complexity index is 916. The van der Waals surface area contributed by atoms with Gasteiger partial charge in [-0.15, -0.1) is 0 Å². The molecular formula is C19H20N2O3. The van der Waals surface area contributed by atoms with Gasteiger partial charge in [0.2, 0.25) is 0 Å². The van der Waals surface area contributed by atoms with E-state index in [2.05, 4.69) is 10.6 Å². The lowest BCUT2D eigenvalue weighted by molar-refractivity contribution is 0.0901. The van der Waals surface area contributed by atoms with Crippen LogP contribution in [0, 0.1) is 12.8 Å². The van der Waals surface area contributed by atoms with Crippen LogP contribution in [0.3, 0.4) is 0 Å². The maximum Gasteiger partial charge on any atom is 0.287 e. The zero-order valence-electron chi connectivity index (χ0n) is 13.5. The molecule has 124 valence electrons. The van der Waals surface area contributed by atoms with Crippen molar-refractivity contribution in [3.8, 4) is 0 Å². The first-order valence-electron chi connectivity index (χ1n) is 8.23. The molecule has 2 atom stereocenters. The molecule has 0 aliphatic carbocycles. The fourth-order valence-electron chi connectivity index (χ4n) is 3.40. The van der Waals surface area contributed by atoms with Gasteiger partial charge >= 0.3 is 0 Å². The van der Waals surface area contributed by atoms with Gasteiger partial charge in [-0.1, -0.05) is 36.4 Å². The number of furan rings is 1. The smallest absolute Gasteiger partial charge is 0.287 e. The number of carbonyl (C=O) groups is 1. The molecule has 0 bridgehead atoms.